The van der Waals surface area contributed by atoms with Gasteiger partial charge in [-0.2, -0.15) is 0 Å². The summed E-state index contributed by atoms with van der Waals surface area (Å²) in [6, 6.07) is 8.77. The molecule has 0 spiro atoms. The molecule has 7 nitrogen and oxygen atoms in total. The molecule has 1 aromatic heterocycles. The Bertz CT molecular complexity index is 1270. The van der Waals surface area contributed by atoms with Crippen molar-refractivity contribution < 1.29 is 33.0 Å². The number of methoxy groups -OCH3 is 1. The summed E-state index contributed by atoms with van der Waals surface area (Å²) >= 11 is 0. The van der Waals surface area contributed by atoms with Gasteiger partial charge in [-0.15, -0.1) is 0 Å². The first-order valence-electron chi connectivity index (χ1n) is 12.6. The van der Waals surface area contributed by atoms with Crippen LogP contribution in [0.2, 0.25) is 0 Å². The summed E-state index contributed by atoms with van der Waals surface area (Å²) in [4.78, 5) is 40.3. The maximum Gasteiger partial charge on any atom is 0.343 e. The molecule has 0 amide bonds. The van der Waals surface area contributed by atoms with Crippen LogP contribution in [0.15, 0.2) is 71.4 Å². The van der Waals surface area contributed by atoms with Crippen LogP contribution in [0.5, 0.6) is 0 Å². The number of Topliss-reactive ketones (excluding diaryl/α,β-unsaturated/α-hetero) is 1. The summed E-state index contributed by atoms with van der Waals surface area (Å²) in [5, 5.41) is 0. The van der Waals surface area contributed by atoms with Gasteiger partial charge in [0, 0.05) is 17.4 Å². The van der Waals surface area contributed by atoms with Crippen molar-refractivity contribution >= 4 is 17.7 Å². The van der Waals surface area contributed by atoms with Crippen LogP contribution >= 0.6 is 0 Å². The summed E-state index contributed by atoms with van der Waals surface area (Å²) in [5.41, 5.74) is 0.855. The molecule has 0 radical (unpaired) electrons. The van der Waals surface area contributed by atoms with Gasteiger partial charge in [-0.25, -0.2) is 4.79 Å². The van der Waals surface area contributed by atoms with Crippen LogP contribution in [0.1, 0.15) is 60.7 Å². The number of ketones is 1. The van der Waals surface area contributed by atoms with Gasteiger partial charge in [0.1, 0.15) is 6.10 Å². The first kappa shape index (κ1) is 25.1. The molecule has 1 saturated carbocycles. The van der Waals surface area contributed by atoms with Gasteiger partial charge in [0.25, 0.3) is 0 Å². The highest BCUT2D eigenvalue weighted by atomic mass is 16.5. The second-order valence-corrected chi connectivity index (χ2v) is 11.0. The van der Waals surface area contributed by atoms with E-state index in [1.165, 1.54) is 13.2 Å². The summed E-state index contributed by atoms with van der Waals surface area (Å²) in [7, 11) is 1.33. The topological polar surface area (TPSA) is 92.0 Å². The van der Waals surface area contributed by atoms with Crippen LogP contribution in [-0.2, 0) is 23.8 Å². The van der Waals surface area contributed by atoms with Crippen molar-refractivity contribution in [2.75, 3.05) is 7.11 Å². The second-order valence-electron chi connectivity index (χ2n) is 11.0. The van der Waals surface area contributed by atoms with Gasteiger partial charge in [0.2, 0.25) is 5.78 Å². The fourth-order valence-electron chi connectivity index (χ4n) is 6.92. The largest absolute Gasteiger partial charge is 0.490 e. The number of carbonyl (C=O) groups is 3. The Labute approximate surface area is 216 Å². The van der Waals surface area contributed by atoms with E-state index in [4.69, 9.17) is 18.6 Å². The van der Waals surface area contributed by atoms with Crippen molar-refractivity contribution in [1.29, 1.82) is 0 Å². The SMILES string of the molecule is C=C1O[C@H](c2ccoc2)C[C@]2(C)[C@H]3C(=O)C(OC(=O)c4ccc(C)cc4)=C[C@@H](C(=O)OC)[C@]3(C)CC[C@@H]12. The summed E-state index contributed by atoms with van der Waals surface area (Å²) in [6.45, 7) is 10.2. The number of fused-ring (bicyclic) bond motifs is 3. The van der Waals surface area contributed by atoms with E-state index >= 15 is 0 Å². The van der Waals surface area contributed by atoms with Gasteiger partial charge >= 0.3 is 11.9 Å². The third-order valence-corrected chi connectivity index (χ3v) is 8.79. The van der Waals surface area contributed by atoms with E-state index in [2.05, 4.69) is 13.5 Å². The molecule has 6 atom stereocenters. The molecule has 7 heteroatoms. The Morgan fingerprint density at radius 3 is 2.49 bits per heavy atom. The zero-order valence-corrected chi connectivity index (χ0v) is 21.6. The number of benzene rings is 1. The van der Waals surface area contributed by atoms with Gasteiger partial charge in [-0.1, -0.05) is 38.1 Å². The molecule has 3 aliphatic rings. The minimum Gasteiger partial charge on any atom is -0.490 e. The third kappa shape index (κ3) is 4.01. The van der Waals surface area contributed by atoms with Gasteiger partial charge in [0.05, 0.1) is 36.9 Å². The highest BCUT2D eigenvalue weighted by Crippen LogP contribution is 2.66. The molecule has 2 aliphatic carbocycles. The minimum atomic E-state index is -0.748. The Morgan fingerprint density at radius 1 is 1.11 bits per heavy atom. The average molecular weight is 505 g/mol. The molecule has 1 aromatic carbocycles. The smallest absolute Gasteiger partial charge is 0.343 e. The van der Waals surface area contributed by atoms with E-state index in [1.807, 2.05) is 19.9 Å². The van der Waals surface area contributed by atoms with Gasteiger partial charge in [-0.05, 0) is 61.3 Å². The lowest BCUT2D eigenvalue weighted by Gasteiger charge is -2.60. The molecule has 0 N–H and O–H groups in total. The molecule has 2 aromatic rings. The van der Waals surface area contributed by atoms with Crippen molar-refractivity contribution in [3.05, 3.63) is 83.7 Å². The quantitative estimate of drug-likeness (QED) is 0.492. The van der Waals surface area contributed by atoms with Crippen LogP contribution in [0.25, 0.3) is 0 Å². The fraction of sp³-hybridized carbons (Fsp3) is 0.433. The van der Waals surface area contributed by atoms with E-state index in [0.29, 0.717) is 30.6 Å². The van der Waals surface area contributed by atoms with Gasteiger partial charge < -0.3 is 18.6 Å². The fourth-order valence-corrected chi connectivity index (χ4v) is 6.92. The maximum absolute atomic E-state index is 14.2. The summed E-state index contributed by atoms with van der Waals surface area (Å²) in [6.07, 6.45) is 6.20. The predicted octanol–water partition coefficient (Wildman–Crippen LogP) is 5.71. The number of hydrogen-bond acceptors (Lipinski definition) is 7. The van der Waals surface area contributed by atoms with Crippen molar-refractivity contribution in [3.8, 4) is 0 Å². The molecule has 194 valence electrons. The number of carbonyl (C=O) groups excluding carboxylic acids is 3. The normalized spacial score (nSPS) is 32.9. The average Bonchev–Trinajstić information content (AvgIpc) is 3.40. The number of ether oxygens (including phenoxy) is 3. The van der Waals surface area contributed by atoms with Crippen molar-refractivity contribution in [2.24, 2.45) is 28.6 Å². The monoisotopic (exact) mass is 504 g/mol. The lowest BCUT2D eigenvalue weighted by atomic mass is 9.44. The number of hydrogen-bond donors (Lipinski definition) is 0. The maximum atomic E-state index is 14.2. The first-order chi connectivity index (χ1) is 17.6. The molecular weight excluding hydrogens is 472 g/mol. The van der Waals surface area contributed by atoms with Crippen molar-refractivity contribution in [2.45, 2.75) is 46.1 Å². The number of esters is 2. The van der Waals surface area contributed by atoms with Crippen LogP contribution in [0.4, 0.5) is 0 Å². The van der Waals surface area contributed by atoms with Crippen molar-refractivity contribution in [3.63, 3.8) is 0 Å². The highest BCUT2D eigenvalue weighted by molar-refractivity contribution is 6.03. The summed E-state index contributed by atoms with van der Waals surface area (Å²) in [5.74, 6) is -2.33. The Balaban J connectivity index is 1.56. The number of aryl methyl sites for hydroxylation is 1. The van der Waals surface area contributed by atoms with Gasteiger partial charge in [-0.3, -0.25) is 9.59 Å². The van der Waals surface area contributed by atoms with Crippen molar-refractivity contribution in [1.82, 2.24) is 0 Å². The zero-order valence-electron chi connectivity index (χ0n) is 21.6. The zero-order chi connectivity index (χ0) is 26.5. The number of furan rings is 1. The van der Waals surface area contributed by atoms with Crippen LogP contribution < -0.4 is 0 Å². The number of rotatable bonds is 4. The summed E-state index contributed by atoms with van der Waals surface area (Å²) < 4.78 is 22.4. The lowest BCUT2D eigenvalue weighted by Crippen LogP contribution is -2.60. The van der Waals surface area contributed by atoms with E-state index in [-0.39, 0.29) is 23.6 Å². The van der Waals surface area contributed by atoms with E-state index in [9.17, 15) is 14.4 Å². The molecule has 2 heterocycles. The standard InChI is InChI=1S/C30H32O7/c1-17-6-8-19(9-7-17)27(32)37-23-14-22(28(33)34-5)29(3)12-10-21-18(2)36-24(20-11-13-35-16-20)15-30(21,4)26(29)25(23)31/h6-9,11,13-14,16,21-22,24,26H,2,10,12,15H2,1,3-5H3/t21-,22-,24-,26-,29-,30-/m0/s1. The predicted molar refractivity (Wildman–Crippen MR) is 134 cm³/mol. The molecule has 5 rings (SSSR count). The Morgan fingerprint density at radius 2 is 1.84 bits per heavy atom. The molecule has 0 bridgehead atoms. The van der Waals surface area contributed by atoms with Crippen LogP contribution in [-0.4, -0.2) is 24.8 Å². The Hall–Kier alpha value is -3.61. The van der Waals surface area contributed by atoms with Crippen LogP contribution in [0.3, 0.4) is 0 Å². The molecular formula is C30H32O7. The van der Waals surface area contributed by atoms with Crippen LogP contribution in [0, 0.1) is 35.5 Å². The molecule has 0 unspecified atom stereocenters. The highest BCUT2D eigenvalue weighted by Gasteiger charge is 2.65. The third-order valence-electron chi connectivity index (χ3n) is 8.79. The first-order valence-corrected chi connectivity index (χ1v) is 12.6. The van der Waals surface area contributed by atoms with E-state index in [0.717, 1.165) is 11.1 Å². The van der Waals surface area contributed by atoms with Gasteiger partial charge in [0.15, 0.2) is 5.76 Å². The lowest BCUT2D eigenvalue weighted by molar-refractivity contribution is -0.174. The van der Waals surface area contributed by atoms with E-state index < -0.39 is 34.6 Å². The number of allylic oxidation sites excluding steroid dienone is 2. The van der Waals surface area contributed by atoms with E-state index in [1.54, 1.807) is 36.8 Å². The molecule has 1 saturated heterocycles. The Kier molecular flexibility index (Phi) is 6.13. The minimum absolute atomic E-state index is 0.0943. The second kappa shape index (κ2) is 9.05. The molecule has 1 aliphatic heterocycles. The molecule has 37 heavy (non-hydrogen) atoms. The molecule has 2 fully saturated rings.